The van der Waals surface area contributed by atoms with Gasteiger partial charge in [-0.2, -0.15) is 0 Å². The molecule has 23 heavy (non-hydrogen) atoms. The lowest BCUT2D eigenvalue weighted by Crippen LogP contribution is -2.31. The van der Waals surface area contributed by atoms with Crippen molar-refractivity contribution in [3.8, 4) is 0 Å². The maximum Gasteiger partial charge on any atom is 0.322 e. The van der Waals surface area contributed by atoms with Crippen molar-refractivity contribution in [2.24, 2.45) is 7.05 Å². The first-order valence-electron chi connectivity index (χ1n) is 7.32. The van der Waals surface area contributed by atoms with Crippen molar-refractivity contribution in [2.75, 3.05) is 18.4 Å². The zero-order valence-electron chi connectivity index (χ0n) is 13.2. The summed E-state index contributed by atoms with van der Waals surface area (Å²) < 4.78 is 1.88. The number of hydrogen-bond donors (Lipinski definition) is 2. The number of carbonyl (C=O) groups is 2. The summed E-state index contributed by atoms with van der Waals surface area (Å²) in [6.45, 7) is 2.69. The number of aromatic nitrogens is 2. The predicted octanol–water partition coefficient (Wildman–Crippen LogP) is 1.58. The van der Waals surface area contributed by atoms with Crippen LogP contribution in [-0.4, -0.2) is 44.5 Å². The Morgan fingerprint density at radius 2 is 2.17 bits per heavy atom. The molecule has 1 aromatic heterocycles. The molecule has 2 rings (SSSR count). The van der Waals surface area contributed by atoms with Crippen LogP contribution in [0.15, 0.2) is 36.7 Å². The van der Waals surface area contributed by atoms with Crippen LogP contribution in [0.3, 0.4) is 0 Å². The second-order valence-corrected chi connectivity index (χ2v) is 5.10. The van der Waals surface area contributed by atoms with E-state index in [1.54, 1.807) is 35.4 Å². The summed E-state index contributed by atoms with van der Waals surface area (Å²) in [5.74, 6) is -0.262. The van der Waals surface area contributed by atoms with Gasteiger partial charge in [-0.1, -0.05) is 6.07 Å². The normalized spacial score (nSPS) is 10.3. The molecule has 7 heteroatoms. The number of carboxylic acids is 1. The highest BCUT2D eigenvalue weighted by Gasteiger charge is 2.16. The number of hydrogen-bond acceptors (Lipinski definition) is 4. The van der Waals surface area contributed by atoms with E-state index in [1.165, 1.54) is 0 Å². The molecule has 1 heterocycles. The maximum atomic E-state index is 12.6. The van der Waals surface area contributed by atoms with Crippen molar-refractivity contribution in [1.29, 1.82) is 0 Å². The number of benzene rings is 1. The van der Waals surface area contributed by atoms with E-state index in [4.69, 9.17) is 5.11 Å². The fraction of sp³-hybridized carbons (Fsp3) is 0.312. The quantitative estimate of drug-likeness (QED) is 0.810. The third kappa shape index (κ3) is 4.32. The lowest BCUT2D eigenvalue weighted by Gasteiger charge is -2.21. The fourth-order valence-electron chi connectivity index (χ4n) is 2.17. The van der Waals surface area contributed by atoms with Gasteiger partial charge < -0.3 is 19.9 Å². The number of imidazole rings is 1. The van der Waals surface area contributed by atoms with Crippen LogP contribution in [0.2, 0.25) is 0 Å². The molecule has 0 aliphatic rings. The van der Waals surface area contributed by atoms with Gasteiger partial charge in [0.25, 0.3) is 5.91 Å². The number of rotatable bonds is 7. The Kier molecular flexibility index (Phi) is 5.35. The number of anilines is 1. The molecule has 0 spiro atoms. The third-order valence-corrected chi connectivity index (χ3v) is 3.48. The van der Waals surface area contributed by atoms with Gasteiger partial charge in [-0.3, -0.25) is 9.59 Å². The minimum absolute atomic E-state index is 0.116. The number of nitrogens with zero attached hydrogens (tertiary/aromatic N) is 3. The van der Waals surface area contributed by atoms with Crippen LogP contribution in [0.5, 0.6) is 0 Å². The molecule has 1 amide bonds. The maximum absolute atomic E-state index is 12.6. The van der Waals surface area contributed by atoms with E-state index in [1.807, 2.05) is 24.7 Å². The second-order valence-electron chi connectivity index (χ2n) is 5.10. The lowest BCUT2D eigenvalue weighted by atomic mass is 10.1. The zero-order chi connectivity index (χ0) is 16.8. The fourth-order valence-corrected chi connectivity index (χ4v) is 2.17. The molecule has 0 fully saturated rings. The highest BCUT2D eigenvalue weighted by molar-refractivity contribution is 5.95. The average molecular weight is 316 g/mol. The van der Waals surface area contributed by atoms with E-state index in [9.17, 15) is 9.59 Å². The summed E-state index contributed by atoms with van der Waals surface area (Å²) in [7, 11) is 1.89. The molecule has 7 nitrogen and oxygen atoms in total. The van der Waals surface area contributed by atoms with E-state index in [0.717, 1.165) is 5.82 Å². The minimum Gasteiger partial charge on any atom is -0.480 e. The molecule has 2 N–H and O–H groups in total. The van der Waals surface area contributed by atoms with E-state index >= 15 is 0 Å². The molecule has 0 atom stereocenters. The minimum atomic E-state index is -0.952. The van der Waals surface area contributed by atoms with Gasteiger partial charge in [-0.05, 0) is 25.1 Å². The van der Waals surface area contributed by atoms with E-state index in [2.05, 4.69) is 10.3 Å². The van der Waals surface area contributed by atoms with Crippen LogP contribution >= 0.6 is 0 Å². The van der Waals surface area contributed by atoms with Gasteiger partial charge in [-0.15, -0.1) is 0 Å². The Morgan fingerprint density at radius 1 is 1.39 bits per heavy atom. The molecule has 0 radical (unpaired) electrons. The Hall–Kier alpha value is -2.83. The van der Waals surface area contributed by atoms with Crippen LogP contribution in [0, 0.1) is 0 Å². The molecular formula is C16H20N4O3. The van der Waals surface area contributed by atoms with Crippen molar-refractivity contribution in [2.45, 2.75) is 13.5 Å². The van der Waals surface area contributed by atoms with Crippen LogP contribution in [0.1, 0.15) is 23.1 Å². The van der Waals surface area contributed by atoms with Crippen LogP contribution in [-0.2, 0) is 18.4 Å². The van der Waals surface area contributed by atoms with E-state index in [-0.39, 0.29) is 12.5 Å². The number of carboxylic acid groups (broad SMARTS) is 1. The van der Waals surface area contributed by atoms with Gasteiger partial charge in [0.1, 0.15) is 12.4 Å². The Labute approximate surface area is 134 Å². The summed E-state index contributed by atoms with van der Waals surface area (Å²) in [4.78, 5) is 29.2. The molecule has 0 aliphatic heterocycles. The first kappa shape index (κ1) is 16.5. The number of amides is 1. The highest BCUT2D eigenvalue weighted by atomic mass is 16.4. The van der Waals surface area contributed by atoms with Gasteiger partial charge in [0, 0.05) is 37.2 Å². The molecule has 0 bridgehead atoms. The number of carbonyl (C=O) groups excluding carboxylic acids is 1. The van der Waals surface area contributed by atoms with Crippen molar-refractivity contribution < 1.29 is 14.7 Å². The molecule has 0 aliphatic carbocycles. The summed E-state index contributed by atoms with van der Waals surface area (Å²) in [6, 6.07) is 6.84. The van der Waals surface area contributed by atoms with Crippen LogP contribution in [0.25, 0.3) is 0 Å². The van der Waals surface area contributed by atoms with Crippen LogP contribution in [0.4, 0.5) is 5.69 Å². The van der Waals surface area contributed by atoms with E-state index < -0.39 is 5.97 Å². The summed E-state index contributed by atoms with van der Waals surface area (Å²) >= 11 is 0. The summed E-state index contributed by atoms with van der Waals surface area (Å²) in [5.41, 5.74) is 1.11. The highest BCUT2D eigenvalue weighted by Crippen LogP contribution is 2.14. The number of aryl methyl sites for hydroxylation is 1. The molecule has 2 aromatic rings. The topological polar surface area (TPSA) is 87.5 Å². The Bertz CT molecular complexity index is 696. The van der Waals surface area contributed by atoms with Crippen molar-refractivity contribution >= 4 is 17.6 Å². The molecule has 1 aromatic carbocycles. The second kappa shape index (κ2) is 7.44. The monoisotopic (exact) mass is 316 g/mol. The smallest absolute Gasteiger partial charge is 0.322 e. The molecule has 0 saturated carbocycles. The first-order valence-corrected chi connectivity index (χ1v) is 7.32. The van der Waals surface area contributed by atoms with Crippen molar-refractivity contribution in [3.63, 3.8) is 0 Å². The third-order valence-electron chi connectivity index (χ3n) is 3.48. The lowest BCUT2D eigenvalue weighted by molar-refractivity contribution is -0.134. The van der Waals surface area contributed by atoms with Gasteiger partial charge >= 0.3 is 5.97 Å². The molecular weight excluding hydrogens is 296 g/mol. The summed E-state index contributed by atoms with van der Waals surface area (Å²) in [5, 5.41) is 11.5. The van der Waals surface area contributed by atoms with Gasteiger partial charge in [0.05, 0.1) is 6.54 Å². The Morgan fingerprint density at radius 3 is 2.78 bits per heavy atom. The standard InChI is InChI=1S/C16H20N4O3/c1-3-20(11-14-17-7-8-19(14)2)16(23)12-5-4-6-13(9-12)18-10-15(21)22/h4-9,18H,3,10-11H2,1-2H3,(H,21,22). The number of aliphatic carboxylic acids is 1. The molecule has 0 unspecified atom stereocenters. The largest absolute Gasteiger partial charge is 0.480 e. The van der Waals surface area contributed by atoms with Gasteiger partial charge in [0.15, 0.2) is 0 Å². The molecule has 122 valence electrons. The molecule has 0 saturated heterocycles. The number of nitrogens with one attached hydrogen (secondary N) is 1. The van der Waals surface area contributed by atoms with Crippen molar-refractivity contribution in [3.05, 3.63) is 48.0 Å². The predicted molar refractivity (Wildman–Crippen MR) is 86.2 cm³/mol. The van der Waals surface area contributed by atoms with Gasteiger partial charge in [-0.25, -0.2) is 4.98 Å². The summed E-state index contributed by atoms with van der Waals surface area (Å²) in [6.07, 6.45) is 3.54. The Balaban J connectivity index is 2.12. The van der Waals surface area contributed by atoms with E-state index in [0.29, 0.717) is 24.3 Å². The first-order chi connectivity index (χ1) is 11.0. The SMILES string of the molecule is CCN(Cc1nccn1C)C(=O)c1cccc(NCC(=O)O)c1. The van der Waals surface area contributed by atoms with Crippen molar-refractivity contribution in [1.82, 2.24) is 14.5 Å². The van der Waals surface area contributed by atoms with Gasteiger partial charge in [0.2, 0.25) is 0 Å². The zero-order valence-corrected chi connectivity index (χ0v) is 13.2. The van der Waals surface area contributed by atoms with Crippen LogP contribution < -0.4 is 5.32 Å². The average Bonchev–Trinajstić information content (AvgIpc) is 2.95.